The Hall–Kier alpha value is -1.89. The van der Waals surface area contributed by atoms with Gasteiger partial charge in [0.1, 0.15) is 0 Å². The number of nitrogens with one attached hydrogen (secondary N) is 1. The van der Waals surface area contributed by atoms with Crippen LogP contribution >= 0.6 is 0 Å². The molecule has 0 fully saturated rings. The highest BCUT2D eigenvalue weighted by molar-refractivity contribution is 7.91. The summed E-state index contributed by atoms with van der Waals surface area (Å²) in [6, 6.07) is 6.09. The molecule has 0 spiro atoms. The van der Waals surface area contributed by atoms with E-state index in [2.05, 4.69) is 5.32 Å². The highest BCUT2D eigenvalue weighted by Crippen LogP contribution is 2.08. The fourth-order valence-corrected chi connectivity index (χ4v) is 1.77. The molecule has 1 aromatic carbocycles. The van der Waals surface area contributed by atoms with E-state index < -0.39 is 26.9 Å². The molecule has 0 aliphatic carbocycles. The molecule has 1 rings (SSSR count). The van der Waals surface area contributed by atoms with E-state index in [4.69, 9.17) is 5.73 Å². The molecular weight excluding hydrogens is 268 g/mol. The maximum Gasteiger partial charge on any atom is 0.252 e. The molecule has 19 heavy (non-hydrogen) atoms. The summed E-state index contributed by atoms with van der Waals surface area (Å²) in [5.74, 6) is -1.23. The maximum atomic E-state index is 11.9. The number of hydrogen-bond acceptors (Lipinski definition) is 4. The number of benzene rings is 1. The Morgan fingerprint density at radius 3 is 2.26 bits per heavy atom. The molecule has 6 nitrogen and oxygen atoms in total. The molecule has 3 N–H and O–H groups in total. The zero-order valence-electron chi connectivity index (χ0n) is 10.7. The normalized spacial score (nSPS) is 12.7. The number of carbonyl (C=O) groups is 2. The fraction of sp³-hybridized carbons (Fsp3) is 0.333. The van der Waals surface area contributed by atoms with Crippen molar-refractivity contribution in [2.75, 3.05) is 12.8 Å². The summed E-state index contributed by atoms with van der Waals surface area (Å²) in [7, 11) is -3.21. The SMILES string of the molecule is CC(CNC(=O)c1ccccc1C(N)=O)S(C)(=O)=O. The molecule has 2 amide bonds. The molecule has 1 aromatic rings. The van der Waals surface area contributed by atoms with Gasteiger partial charge in [0.05, 0.1) is 16.4 Å². The summed E-state index contributed by atoms with van der Waals surface area (Å²) in [6.07, 6.45) is 1.10. The van der Waals surface area contributed by atoms with Gasteiger partial charge in [-0.05, 0) is 19.1 Å². The third kappa shape index (κ3) is 4.06. The van der Waals surface area contributed by atoms with E-state index in [9.17, 15) is 18.0 Å². The zero-order valence-corrected chi connectivity index (χ0v) is 11.5. The molecule has 1 atom stereocenters. The number of nitrogens with two attached hydrogens (primary N) is 1. The van der Waals surface area contributed by atoms with Crippen LogP contribution in [0, 0.1) is 0 Å². The Bertz CT molecular complexity index is 596. The van der Waals surface area contributed by atoms with Gasteiger partial charge in [0.15, 0.2) is 9.84 Å². The van der Waals surface area contributed by atoms with Crippen LogP contribution in [0.1, 0.15) is 27.6 Å². The number of carbonyl (C=O) groups excluding carboxylic acids is 2. The van der Waals surface area contributed by atoms with Gasteiger partial charge < -0.3 is 11.1 Å². The fourth-order valence-electron chi connectivity index (χ4n) is 1.38. The molecule has 104 valence electrons. The van der Waals surface area contributed by atoms with Crippen LogP contribution in [0.15, 0.2) is 24.3 Å². The van der Waals surface area contributed by atoms with Crippen molar-refractivity contribution >= 4 is 21.7 Å². The first-order chi connectivity index (χ1) is 8.73. The van der Waals surface area contributed by atoms with Gasteiger partial charge >= 0.3 is 0 Å². The van der Waals surface area contributed by atoms with Crippen LogP contribution in [-0.2, 0) is 9.84 Å². The van der Waals surface area contributed by atoms with Crippen LogP contribution in [0.2, 0.25) is 0 Å². The largest absolute Gasteiger partial charge is 0.366 e. The minimum atomic E-state index is -3.21. The lowest BCUT2D eigenvalue weighted by Crippen LogP contribution is -2.35. The molecule has 1 unspecified atom stereocenters. The lowest BCUT2D eigenvalue weighted by atomic mass is 10.1. The summed E-state index contributed by atoms with van der Waals surface area (Å²) in [5, 5.41) is 1.78. The third-order valence-electron chi connectivity index (χ3n) is 2.72. The van der Waals surface area contributed by atoms with Crippen molar-refractivity contribution in [3.8, 4) is 0 Å². The highest BCUT2D eigenvalue weighted by Gasteiger charge is 2.18. The van der Waals surface area contributed by atoms with Gasteiger partial charge in [0.25, 0.3) is 5.91 Å². The second-order valence-corrected chi connectivity index (χ2v) is 6.72. The number of sulfone groups is 1. The highest BCUT2D eigenvalue weighted by atomic mass is 32.2. The van der Waals surface area contributed by atoms with Crippen molar-refractivity contribution in [1.29, 1.82) is 0 Å². The van der Waals surface area contributed by atoms with Gasteiger partial charge in [0, 0.05) is 12.8 Å². The number of amides is 2. The summed E-state index contributed by atoms with van der Waals surface area (Å²) in [6.45, 7) is 1.47. The van der Waals surface area contributed by atoms with Crippen LogP contribution in [0.25, 0.3) is 0 Å². The zero-order chi connectivity index (χ0) is 14.6. The summed E-state index contributed by atoms with van der Waals surface area (Å²) < 4.78 is 22.5. The molecule has 0 saturated carbocycles. The van der Waals surface area contributed by atoms with Gasteiger partial charge in [-0.3, -0.25) is 9.59 Å². The van der Waals surface area contributed by atoms with Gasteiger partial charge in [-0.15, -0.1) is 0 Å². The third-order valence-corrected chi connectivity index (χ3v) is 4.35. The first kappa shape index (κ1) is 15.2. The minimum Gasteiger partial charge on any atom is -0.366 e. The standard InChI is InChI=1S/C12H16N2O4S/c1-8(19(2,17)18)7-14-12(16)10-6-4-3-5-9(10)11(13)15/h3-6,8H,7H2,1-2H3,(H2,13,15)(H,14,16). The molecular formula is C12H16N2O4S. The van der Waals surface area contributed by atoms with Crippen LogP contribution in [-0.4, -0.2) is 38.3 Å². The predicted molar refractivity (Wildman–Crippen MR) is 71.6 cm³/mol. The molecule has 0 aromatic heterocycles. The quantitative estimate of drug-likeness (QED) is 0.790. The number of rotatable bonds is 5. The summed E-state index contributed by atoms with van der Waals surface area (Å²) in [5.41, 5.74) is 5.40. The number of primary amides is 1. The predicted octanol–water partition coefficient (Wildman–Crippen LogP) is -0.0516. The first-order valence-corrected chi connectivity index (χ1v) is 7.55. The van der Waals surface area contributed by atoms with E-state index in [1.165, 1.54) is 19.1 Å². The molecule has 0 saturated heterocycles. The monoisotopic (exact) mass is 284 g/mol. The van der Waals surface area contributed by atoms with Crippen LogP contribution in [0.3, 0.4) is 0 Å². The van der Waals surface area contributed by atoms with Crippen molar-refractivity contribution in [1.82, 2.24) is 5.32 Å². The van der Waals surface area contributed by atoms with Gasteiger partial charge in [-0.2, -0.15) is 0 Å². The first-order valence-electron chi connectivity index (χ1n) is 5.59. The van der Waals surface area contributed by atoms with Gasteiger partial charge in [-0.25, -0.2) is 8.42 Å². The van der Waals surface area contributed by atoms with E-state index in [0.29, 0.717) is 0 Å². The Labute approximate surface area is 111 Å². The van der Waals surface area contributed by atoms with Crippen molar-refractivity contribution in [3.63, 3.8) is 0 Å². The molecule has 0 aliphatic rings. The van der Waals surface area contributed by atoms with Crippen LogP contribution in [0.5, 0.6) is 0 Å². The van der Waals surface area contributed by atoms with Gasteiger partial charge in [-0.1, -0.05) is 12.1 Å². The second-order valence-electron chi connectivity index (χ2n) is 4.26. The smallest absolute Gasteiger partial charge is 0.252 e. The average Bonchev–Trinajstić information content (AvgIpc) is 2.34. The van der Waals surface area contributed by atoms with E-state index in [0.717, 1.165) is 6.26 Å². The van der Waals surface area contributed by atoms with E-state index in [-0.39, 0.29) is 17.7 Å². The molecule has 0 aliphatic heterocycles. The minimum absolute atomic E-state index is 0.0231. The van der Waals surface area contributed by atoms with E-state index >= 15 is 0 Å². The Morgan fingerprint density at radius 2 is 1.79 bits per heavy atom. The second kappa shape index (κ2) is 5.83. The Morgan fingerprint density at radius 1 is 1.26 bits per heavy atom. The molecule has 0 radical (unpaired) electrons. The number of hydrogen-bond donors (Lipinski definition) is 2. The molecule has 7 heteroatoms. The van der Waals surface area contributed by atoms with E-state index in [1.54, 1.807) is 12.1 Å². The van der Waals surface area contributed by atoms with Crippen LogP contribution in [0.4, 0.5) is 0 Å². The average molecular weight is 284 g/mol. The van der Waals surface area contributed by atoms with Crippen molar-refractivity contribution < 1.29 is 18.0 Å². The van der Waals surface area contributed by atoms with Gasteiger partial charge in [0.2, 0.25) is 5.91 Å². The molecule has 0 bridgehead atoms. The molecule has 0 heterocycles. The summed E-state index contributed by atoms with van der Waals surface area (Å²) in [4.78, 5) is 23.1. The van der Waals surface area contributed by atoms with Crippen molar-refractivity contribution in [2.45, 2.75) is 12.2 Å². The summed E-state index contributed by atoms with van der Waals surface area (Å²) >= 11 is 0. The van der Waals surface area contributed by atoms with Crippen molar-refractivity contribution in [3.05, 3.63) is 35.4 Å². The topological polar surface area (TPSA) is 106 Å². The van der Waals surface area contributed by atoms with Crippen LogP contribution < -0.4 is 11.1 Å². The Balaban J connectivity index is 2.83. The Kier molecular flexibility index (Phi) is 4.66. The maximum absolute atomic E-state index is 11.9. The lowest BCUT2D eigenvalue weighted by molar-refractivity contribution is 0.0936. The lowest BCUT2D eigenvalue weighted by Gasteiger charge is -2.12. The van der Waals surface area contributed by atoms with Crippen molar-refractivity contribution in [2.24, 2.45) is 5.73 Å². The van der Waals surface area contributed by atoms with E-state index in [1.807, 2.05) is 0 Å².